The van der Waals surface area contributed by atoms with Gasteiger partial charge < -0.3 is 4.11 Å². The van der Waals surface area contributed by atoms with Crippen molar-refractivity contribution in [2.24, 2.45) is 4.99 Å². The molecule has 3 heteroatoms. The van der Waals surface area contributed by atoms with Crippen molar-refractivity contribution in [1.29, 1.82) is 0 Å². The van der Waals surface area contributed by atoms with Gasteiger partial charge in [-0.25, -0.2) is 0 Å². The van der Waals surface area contributed by atoms with E-state index in [9.17, 15) is 0 Å². The first-order valence-electron chi connectivity index (χ1n) is 7.72. The molecule has 0 fully saturated rings. The van der Waals surface area contributed by atoms with E-state index in [1.54, 1.807) is 0 Å². The van der Waals surface area contributed by atoms with E-state index in [4.69, 9.17) is 0 Å². The van der Waals surface area contributed by atoms with Gasteiger partial charge in [0.2, 0.25) is 0 Å². The second-order valence-corrected chi connectivity index (χ2v) is 13.0. The molecular formula is C18H30FNSi. The zero-order chi connectivity index (χ0) is 16.5. The molecule has 0 amide bonds. The van der Waals surface area contributed by atoms with Gasteiger partial charge in [-0.1, -0.05) is 65.8 Å². The minimum atomic E-state index is -3.14. The lowest BCUT2D eigenvalue weighted by molar-refractivity contribution is 0.535. The second kappa shape index (κ2) is 6.03. The van der Waals surface area contributed by atoms with Crippen molar-refractivity contribution in [3.8, 4) is 0 Å². The van der Waals surface area contributed by atoms with Gasteiger partial charge in [-0.05, 0) is 34.7 Å². The summed E-state index contributed by atoms with van der Waals surface area (Å²) in [5.41, 5.74) is 1.03. The minimum absolute atomic E-state index is 0.281. The van der Waals surface area contributed by atoms with Gasteiger partial charge in [0.25, 0.3) is 8.41 Å². The maximum Gasteiger partial charge on any atom is 0.288 e. The fourth-order valence-corrected chi connectivity index (χ4v) is 7.63. The first-order chi connectivity index (χ1) is 9.39. The molecule has 0 saturated heterocycles. The predicted molar refractivity (Wildman–Crippen MR) is 95.1 cm³/mol. The molecule has 21 heavy (non-hydrogen) atoms. The third-order valence-corrected chi connectivity index (χ3v) is 9.16. The molecule has 0 aliphatic rings. The molecule has 0 aliphatic heterocycles. The number of aliphatic imine (C=N–C) groups is 1. The molecule has 0 spiro atoms. The largest absolute Gasteiger partial charge is 0.307 e. The van der Waals surface area contributed by atoms with Gasteiger partial charge in [0.05, 0.1) is 0 Å². The summed E-state index contributed by atoms with van der Waals surface area (Å²) in [6, 6.07) is 8.18. The van der Waals surface area contributed by atoms with Crippen LogP contribution in [0.2, 0.25) is 10.1 Å². The summed E-state index contributed by atoms with van der Waals surface area (Å²) in [6.07, 6.45) is 1.87. The van der Waals surface area contributed by atoms with E-state index >= 15 is 4.11 Å². The quantitative estimate of drug-likeness (QED) is 0.411. The van der Waals surface area contributed by atoms with Gasteiger partial charge in [-0.2, -0.15) is 0 Å². The van der Waals surface area contributed by atoms with Crippen LogP contribution in [0.25, 0.3) is 0 Å². The van der Waals surface area contributed by atoms with Crippen molar-refractivity contribution < 1.29 is 4.11 Å². The monoisotopic (exact) mass is 307 g/mol. The number of rotatable bonds is 3. The normalized spacial score (nSPS) is 14.2. The highest BCUT2D eigenvalue weighted by Gasteiger charge is 2.56. The third-order valence-electron chi connectivity index (χ3n) is 3.90. The van der Waals surface area contributed by atoms with Crippen molar-refractivity contribution in [3.63, 3.8) is 0 Å². The Labute approximate surface area is 130 Å². The SMILES string of the molecule is CC(C)/N=C/c1ccc([Si](F)(C(C)(C)C)C(C)(C)C)cc1. The molecule has 0 N–H and O–H groups in total. The molecule has 1 rings (SSSR count). The number of nitrogens with zero attached hydrogens (tertiary/aromatic N) is 1. The summed E-state index contributed by atoms with van der Waals surface area (Å²) in [5, 5.41) is 0.210. The van der Waals surface area contributed by atoms with Gasteiger partial charge in [0.1, 0.15) is 0 Å². The summed E-state index contributed by atoms with van der Waals surface area (Å²) in [7, 11) is -3.14. The van der Waals surface area contributed by atoms with E-state index in [1.807, 2.05) is 85.9 Å². The Bertz CT molecular complexity index is 475. The van der Waals surface area contributed by atoms with E-state index < -0.39 is 8.41 Å². The minimum Gasteiger partial charge on any atom is -0.307 e. The second-order valence-electron chi connectivity index (χ2n) is 8.15. The Morgan fingerprint density at radius 1 is 0.952 bits per heavy atom. The molecule has 0 aromatic heterocycles. The summed E-state index contributed by atoms with van der Waals surface area (Å²) in [6.45, 7) is 16.2. The summed E-state index contributed by atoms with van der Waals surface area (Å²) >= 11 is 0. The Balaban J connectivity index is 3.24. The number of benzene rings is 1. The van der Waals surface area contributed by atoms with Crippen LogP contribution in [-0.2, 0) is 0 Å². The Morgan fingerprint density at radius 2 is 1.38 bits per heavy atom. The third kappa shape index (κ3) is 3.82. The lowest BCUT2D eigenvalue weighted by atomic mass is 10.2. The molecule has 1 nitrogen and oxygen atoms in total. The molecule has 0 heterocycles. The van der Waals surface area contributed by atoms with Crippen LogP contribution in [0.15, 0.2) is 29.3 Å². The molecule has 0 radical (unpaired) electrons. The highest BCUT2D eigenvalue weighted by molar-refractivity contribution is 6.90. The number of hydrogen-bond donors (Lipinski definition) is 0. The van der Waals surface area contributed by atoms with Crippen molar-refractivity contribution in [1.82, 2.24) is 0 Å². The van der Waals surface area contributed by atoms with E-state index in [0.717, 1.165) is 10.8 Å². The van der Waals surface area contributed by atoms with Crippen molar-refractivity contribution in [2.75, 3.05) is 0 Å². The van der Waals surface area contributed by atoms with Crippen molar-refractivity contribution in [3.05, 3.63) is 29.8 Å². The van der Waals surface area contributed by atoms with Gasteiger partial charge in [0.15, 0.2) is 0 Å². The fraction of sp³-hybridized carbons (Fsp3) is 0.611. The van der Waals surface area contributed by atoms with E-state index in [2.05, 4.69) is 4.99 Å². The molecule has 0 unspecified atom stereocenters. The van der Waals surface area contributed by atoms with E-state index in [-0.39, 0.29) is 16.1 Å². The van der Waals surface area contributed by atoms with Gasteiger partial charge in [-0.15, -0.1) is 0 Å². The van der Waals surface area contributed by atoms with E-state index in [1.165, 1.54) is 0 Å². The Kier molecular flexibility index (Phi) is 5.20. The lowest BCUT2D eigenvalue weighted by Gasteiger charge is -2.44. The van der Waals surface area contributed by atoms with Crippen LogP contribution in [0.4, 0.5) is 4.11 Å². The molecule has 0 atom stereocenters. The highest BCUT2D eigenvalue weighted by atomic mass is 28.4. The van der Waals surface area contributed by atoms with Gasteiger partial charge >= 0.3 is 0 Å². The number of hydrogen-bond acceptors (Lipinski definition) is 1. The first kappa shape index (κ1) is 18.1. The predicted octanol–water partition coefficient (Wildman–Crippen LogP) is 5.24. The standard InChI is InChI=1S/C18H30FNSi/c1-14(2)20-13-15-9-11-16(12-10-15)21(19,17(3,4)5)18(6,7)8/h9-14H,1-8H3/b20-13+. The molecular weight excluding hydrogens is 277 g/mol. The van der Waals surface area contributed by atoms with Crippen LogP contribution in [-0.4, -0.2) is 20.7 Å². The molecule has 1 aromatic carbocycles. The van der Waals surface area contributed by atoms with Crippen LogP contribution in [0.3, 0.4) is 0 Å². The maximum atomic E-state index is 16.1. The first-order valence-corrected chi connectivity index (χ1v) is 9.60. The molecule has 0 saturated carbocycles. The average Bonchev–Trinajstić information content (AvgIpc) is 2.33. The zero-order valence-electron chi connectivity index (χ0n) is 14.8. The average molecular weight is 308 g/mol. The molecule has 1 aromatic rings. The smallest absolute Gasteiger partial charge is 0.288 e. The fourth-order valence-electron chi connectivity index (χ4n) is 3.03. The topological polar surface area (TPSA) is 12.4 Å². The molecule has 118 valence electrons. The van der Waals surface area contributed by atoms with Gasteiger partial charge in [-0.3, -0.25) is 4.99 Å². The van der Waals surface area contributed by atoms with E-state index in [0.29, 0.717) is 0 Å². The van der Waals surface area contributed by atoms with Crippen molar-refractivity contribution >= 4 is 19.8 Å². The van der Waals surface area contributed by atoms with Gasteiger partial charge in [0, 0.05) is 12.3 Å². The molecule has 0 bridgehead atoms. The summed E-state index contributed by atoms with van der Waals surface area (Å²) < 4.78 is 16.1. The van der Waals surface area contributed by atoms with Crippen molar-refractivity contribution in [2.45, 2.75) is 71.5 Å². The highest BCUT2D eigenvalue weighted by Crippen LogP contribution is 2.51. The Morgan fingerprint density at radius 3 is 1.71 bits per heavy atom. The van der Waals surface area contributed by atoms with Crippen LogP contribution < -0.4 is 5.19 Å². The summed E-state index contributed by atoms with van der Waals surface area (Å²) in [5.74, 6) is 0. The lowest BCUT2D eigenvalue weighted by Crippen LogP contribution is -2.57. The number of halogens is 1. The summed E-state index contributed by atoms with van der Waals surface area (Å²) in [4.78, 5) is 4.38. The van der Waals surface area contributed by atoms with Crippen LogP contribution in [0, 0.1) is 0 Å². The zero-order valence-corrected chi connectivity index (χ0v) is 15.8. The van der Waals surface area contributed by atoms with Crippen LogP contribution in [0.1, 0.15) is 61.0 Å². The maximum absolute atomic E-state index is 16.1. The van der Waals surface area contributed by atoms with Crippen LogP contribution >= 0.6 is 0 Å². The molecule has 0 aliphatic carbocycles. The Hall–Kier alpha value is -0.963. The van der Waals surface area contributed by atoms with Crippen LogP contribution in [0.5, 0.6) is 0 Å².